The van der Waals surface area contributed by atoms with Gasteiger partial charge in [0.05, 0.1) is 11.7 Å². The van der Waals surface area contributed by atoms with Gasteiger partial charge in [-0.1, -0.05) is 11.6 Å². The Balaban J connectivity index is 0.00000144. The van der Waals surface area contributed by atoms with Crippen LogP contribution in [0.2, 0.25) is 0 Å². The lowest BCUT2D eigenvalue weighted by Crippen LogP contribution is -1.98. The number of allylic oxidation sites excluding steroid dienone is 2. The van der Waals surface area contributed by atoms with E-state index in [9.17, 15) is 0 Å². The van der Waals surface area contributed by atoms with E-state index in [4.69, 9.17) is 0 Å². The number of fused-ring (bicyclic) bond motifs is 1. The molecule has 92 valence electrons. The predicted octanol–water partition coefficient (Wildman–Crippen LogP) is 4.04. The van der Waals surface area contributed by atoms with Crippen molar-refractivity contribution in [3.05, 3.63) is 41.4 Å². The van der Waals surface area contributed by atoms with Crippen molar-refractivity contribution in [1.29, 1.82) is 0 Å². The minimum absolute atomic E-state index is 0. The van der Waals surface area contributed by atoms with Crippen molar-refractivity contribution in [3.63, 3.8) is 0 Å². The number of pyridine rings is 1. The first kappa shape index (κ1) is 13.8. The third kappa shape index (κ3) is 2.52. The summed E-state index contributed by atoms with van der Waals surface area (Å²) >= 11 is 0. The fourth-order valence-electron chi connectivity index (χ4n) is 2.01. The van der Waals surface area contributed by atoms with Gasteiger partial charge >= 0.3 is 0 Å². The Labute approximate surface area is 109 Å². The van der Waals surface area contributed by atoms with Crippen LogP contribution in [0.3, 0.4) is 0 Å². The first-order valence-corrected chi connectivity index (χ1v) is 5.64. The number of aryl methyl sites for hydroxylation is 1. The molecule has 2 aromatic heterocycles. The fourth-order valence-corrected chi connectivity index (χ4v) is 2.01. The molecule has 0 aliphatic rings. The van der Waals surface area contributed by atoms with Crippen LogP contribution in [0.4, 0.5) is 0 Å². The highest BCUT2D eigenvalue weighted by Crippen LogP contribution is 2.24. The van der Waals surface area contributed by atoms with E-state index in [0.717, 1.165) is 6.54 Å². The van der Waals surface area contributed by atoms with Crippen molar-refractivity contribution in [1.82, 2.24) is 9.55 Å². The third-order valence-corrected chi connectivity index (χ3v) is 3.12. The average Bonchev–Trinajstić information content (AvgIpc) is 2.50. The molecule has 0 fully saturated rings. The van der Waals surface area contributed by atoms with E-state index in [-0.39, 0.29) is 12.4 Å². The molecule has 0 amide bonds. The molecule has 2 aromatic rings. The number of rotatable bonds is 2. The summed E-state index contributed by atoms with van der Waals surface area (Å²) in [6.45, 7) is 9.55. The van der Waals surface area contributed by atoms with Gasteiger partial charge in [0.2, 0.25) is 0 Å². The van der Waals surface area contributed by atoms with Gasteiger partial charge in [-0.2, -0.15) is 0 Å². The Hall–Kier alpha value is -1.28. The maximum absolute atomic E-state index is 4.21. The van der Waals surface area contributed by atoms with Gasteiger partial charge in [-0.15, -0.1) is 12.4 Å². The van der Waals surface area contributed by atoms with Crippen molar-refractivity contribution in [2.75, 3.05) is 0 Å². The van der Waals surface area contributed by atoms with Crippen LogP contribution in [0.1, 0.15) is 25.1 Å². The van der Waals surface area contributed by atoms with Gasteiger partial charge in [-0.25, -0.2) is 0 Å². The minimum Gasteiger partial charge on any atom is -0.340 e. The average molecular weight is 251 g/mol. The predicted molar refractivity (Wildman–Crippen MR) is 75.9 cm³/mol. The van der Waals surface area contributed by atoms with E-state index >= 15 is 0 Å². The van der Waals surface area contributed by atoms with Gasteiger partial charge in [0.15, 0.2) is 0 Å². The summed E-state index contributed by atoms with van der Waals surface area (Å²) in [6, 6.07) is 2.09. The molecule has 0 aliphatic carbocycles. The van der Waals surface area contributed by atoms with Gasteiger partial charge in [0.1, 0.15) is 0 Å². The van der Waals surface area contributed by atoms with Crippen LogP contribution < -0.4 is 0 Å². The van der Waals surface area contributed by atoms with E-state index in [1.807, 2.05) is 12.4 Å². The molecule has 0 bridgehead atoms. The minimum atomic E-state index is 0. The lowest BCUT2D eigenvalue weighted by atomic mass is 10.2. The van der Waals surface area contributed by atoms with Gasteiger partial charge < -0.3 is 4.57 Å². The van der Waals surface area contributed by atoms with Gasteiger partial charge in [-0.05, 0) is 39.3 Å². The second-order valence-corrected chi connectivity index (χ2v) is 4.50. The number of aromatic nitrogens is 2. The van der Waals surface area contributed by atoms with Crippen LogP contribution in [-0.2, 0) is 6.54 Å². The summed E-state index contributed by atoms with van der Waals surface area (Å²) < 4.78 is 2.32. The SMILES string of the molecule is CC(C)=CCn1c(C)c(C)c2ccncc21.Cl. The topological polar surface area (TPSA) is 17.8 Å². The zero-order valence-corrected chi connectivity index (χ0v) is 11.6. The smallest absolute Gasteiger partial charge is 0.0674 e. The first-order valence-electron chi connectivity index (χ1n) is 5.64. The highest BCUT2D eigenvalue weighted by atomic mass is 35.5. The zero-order chi connectivity index (χ0) is 11.7. The molecule has 2 heterocycles. The van der Waals surface area contributed by atoms with E-state index in [2.05, 4.69) is 49.4 Å². The Morgan fingerprint density at radius 1 is 1.35 bits per heavy atom. The zero-order valence-electron chi connectivity index (χ0n) is 10.8. The second kappa shape index (κ2) is 5.37. The molecule has 0 unspecified atom stereocenters. The molecule has 3 heteroatoms. The van der Waals surface area contributed by atoms with Crippen molar-refractivity contribution in [3.8, 4) is 0 Å². The Bertz CT molecular complexity index is 549. The van der Waals surface area contributed by atoms with Crippen LogP contribution >= 0.6 is 12.4 Å². The second-order valence-electron chi connectivity index (χ2n) is 4.50. The molecule has 0 atom stereocenters. The highest BCUT2D eigenvalue weighted by molar-refractivity contribution is 5.85. The molecule has 2 rings (SSSR count). The monoisotopic (exact) mass is 250 g/mol. The van der Waals surface area contributed by atoms with Gasteiger partial charge in [0, 0.05) is 23.8 Å². The van der Waals surface area contributed by atoms with Crippen molar-refractivity contribution in [2.45, 2.75) is 34.2 Å². The normalized spacial score (nSPS) is 10.1. The maximum atomic E-state index is 4.21. The molecule has 0 N–H and O–H groups in total. The van der Waals surface area contributed by atoms with E-state index in [1.54, 1.807) is 0 Å². The molecule has 0 radical (unpaired) electrons. The van der Waals surface area contributed by atoms with E-state index in [1.165, 1.54) is 27.7 Å². The Morgan fingerprint density at radius 2 is 2.06 bits per heavy atom. The third-order valence-electron chi connectivity index (χ3n) is 3.12. The fraction of sp³-hybridized carbons (Fsp3) is 0.357. The number of hydrogen-bond acceptors (Lipinski definition) is 1. The summed E-state index contributed by atoms with van der Waals surface area (Å²) in [4.78, 5) is 4.21. The molecular weight excluding hydrogens is 232 g/mol. The molecular formula is C14H19ClN2. The molecule has 0 aliphatic heterocycles. The van der Waals surface area contributed by atoms with Crippen LogP contribution in [-0.4, -0.2) is 9.55 Å². The number of halogens is 1. The highest BCUT2D eigenvalue weighted by Gasteiger charge is 2.08. The van der Waals surface area contributed by atoms with Crippen LogP contribution in [0.5, 0.6) is 0 Å². The van der Waals surface area contributed by atoms with Crippen LogP contribution in [0.25, 0.3) is 10.9 Å². The molecule has 0 saturated heterocycles. The summed E-state index contributed by atoms with van der Waals surface area (Å²) in [5, 5.41) is 1.31. The van der Waals surface area contributed by atoms with Gasteiger partial charge in [-0.3, -0.25) is 4.98 Å². The summed E-state index contributed by atoms with van der Waals surface area (Å²) in [6.07, 6.45) is 6.06. The molecule has 2 nitrogen and oxygen atoms in total. The van der Waals surface area contributed by atoms with Crippen molar-refractivity contribution in [2.24, 2.45) is 0 Å². The van der Waals surface area contributed by atoms with Gasteiger partial charge in [0.25, 0.3) is 0 Å². The molecule has 0 spiro atoms. The van der Waals surface area contributed by atoms with Crippen molar-refractivity contribution >= 4 is 23.3 Å². The molecule has 0 saturated carbocycles. The lowest BCUT2D eigenvalue weighted by Gasteiger charge is -2.05. The number of hydrogen-bond donors (Lipinski definition) is 0. The lowest BCUT2D eigenvalue weighted by molar-refractivity contribution is 0.816. The van der Waals surface area contributed by atoms with Crippen molar-refractivity contribution < 1.29 is 0 Å². The summed E-state index contributed by atoms with van der Waals surface area (Å²) in [5.74, 6) is 0. The Kier molecular flexibility index (Phi) is 4.35. The van der Waals surface area contributed by atoms with E-state index < -0.39 is 0 Å². The first-order chi connectivity index (χ1) is 7.61. The van der Waals surface area contributed by atoms with E-state index in [0.29, 0.717) is 0 Å². The largest absolute Gasteiger partial charge is 0.340 e. The summed E-state index contributed by atoms with van der Waals surface area (Å²) in [7, 11) is 0. The van der Waals surface area contributed by atoms with Crippen LogP contribution in [0.15, 0.2) is 30.1 Å². The standard InChI is InChI=1S/C14H18N2.ClH/c1-10(2)6-8-16-12(4)11(3)13-5-7-15-9-14(13)16;/h5-7,9H,8H2,1-4H3;1H. The molecule has 17 heavy (non-hydrogen) atoms. The number of nitrogens with zero attached hydrogens (tertiary/aromatic N) is 2. The summed E-state index contributed by atoms with van der Waals surface area (Å²) in [5.41, 5.74) is 5.28. The quantitative estimate of drug-likeness (QED) is 0.736. The van der Waals surface area contributed by atoms with Crippen LogP contribution in [0, 0.1) is 13.8 Å². The molecule has 0 aromatic carbocycles. The maximum Gasteiger partial charge on any atom is 0.0674 e. The Morgan fingerprint density at radius 3 is 2.71 bits per heavy atom.